The summed E-state index contributed by atoms with van der Waals surface area (Å²) < 4.78 is 41.1. The molecular weight excluding hydrogens is 291 g/mol. The second-order valence-corrected chi connectivity index (χ2v) is 7.45. The minimum Gasteiger partial charge on any atom is -0.320 e. The van der Waals surface area contributed by atoms with E-state index in [-0.39, 0.29) is 10.9 Å². The van der Waals surface area contributed by atoms with E-state index < -0.39 is 15.8 Å². The maximum Gasteiger partial charge on any atom is 0.246 e. The molecule has 1 aromatic carbocycles. The average molecular weight is 314 g/mol. The minimum absolute atomic E-state index is 0.0453. The molecule has 1 aliphatic heterocycles. The fourth-order valence-electron chi connectivity index (χ4n) is 2.82. The van der Waals surface area contributed by atoms with Crippen molar-refractivity contribution in [2.45, 2.75) is 43.5 Å². The van der Waals surface area contributed by atoms with Crippen molar-refractivity contribution in [1.29, 1.82) is 0 Å². The second kappa shape index (κ2) is 6.85. The molecule has 118 valence electrons. The van der Waals surface area contributed by atoms with Crippen LogP contribution in [0.1, 0.15) is 31.2 Å². The van der Waals surface area contributed by atoms with Gasteiger partial charge in [0.25, 0.3) is 0 Å². The largest absolute Gasteiger partial charge is 0.320 e. The highest BCUT2D eigenvalue weighted by molar-refractivity contribution is 7.89. The van der Waals surface area contributed by atoms with E-state index in [9.17, 15) is 12.8 Å². The van der Waals surface area contributed by atoms with Crippen LogP contribution in [-0.4, -0.2) is 38.9 Å². The molecule has 1 saturated heterocycles. The molecule has 1 aliphatic rings. The van der Waals surface area contributed by atoms with Crippen LogP contribution in [0.3, 0.4) is 0 Å². The number of aryl methyl sites for hydroxylation is 1. The minimum atomic E-state index is -3.76. The van der Waals surface area contributed by atoms with Gasteiger partial charge in [-0.25, -0.2) is 12.8 Å². The zero-order chi connectivity index (χ0) is 15.5. The predicted molar refractivity (Wildman–Crippen MR) is 81.2 cm³/mol. The van der Waals surface area contributed by atoms with Crippen LogP contribution in [-0.2, 0) is 10.0 Å². The van der Waals surface area contributed by atoms with Crippen LogP contribution >= 0.6 is 0 Å². The quantitative estimate of drug-likeness (QED) is 0.907. The molecule has 1 N–H and O–H groups in total. The van der Waals surface area contributed by atoms with Crippen molar-refractivity contribution in [3.05, 3.63) is 29.6 Å². The molecule has 1 atom stereocenters. The van der Waals surface area contributed by atoms with Crippen LogP contribution < -0.4 is 5.32 Å². The van der Waals surface area contributed by atoms with Gasteiger partial charge in [0.05, 0.1) is 0 Å². The van der Waals surface area contributed by atoms with Crippen molar-refractivity contribution in [3.8, 4) is 0 Å². The summed E-state index contributed by atoms with van der Waals surface area (Å²) >= 11 is 0. The Bertz CT molecular complexity index is 589. The van der Waals surface area contributed by atoms with E-state index in [0.717, 1.165) is 37.8 Å². The highest BCUT2D eigenvalue weighted by Crippen LogP contribution is 2.28. The monoisotopic (exact) mass is 314 g/mol. The topological polar surface area (TPSA) is 49.4 Å². The Kier molecular flexibility index (Phi) is 5.35. The lowest BCUT2D eigenvalue weighted by molar-refractivity contribution is 0.240. The Labute approximate surface area is 126 Å². The summed E-state index contributed by atoms with van der Waals surface area (Å²) in [6.07, 6.45) is 3.46. The zero-order valence-corrected chi connectivity index (χ0v) is 13.4. The lowest BCUT2D eigenvalue weighted by Crippen LogP contribution is -2.44. The standard InChI is InChI=1S/C15H23FN2O2S/c1-12-6-7-14(16)15(11-12)21(19,20)18-10-4-3-5-13(18)8-9-17-2/h6-7,11,13,17H,3-5,8-10H2,1-2H3. The number of halogens is 1. The molecule has 1 unspecified atom stereocenters. The summed E-state index contributed by atoms with van der Waals surface area (Å²) in [6.45, 7) is 3.00. The van der Waals surface area contributed by atoms with Gasteiger partial charge >= 0.3 is 0 Å². The Balaban J connectivity index is 2.33. The molecule has 0 radical (unpaired) electrons. The maximum atomic E-state index is 14.0. The van der Waals surface area contributed by atoms with Crippen LogP contribution in [0.25, 0.3) is 0 Å². The van der Waals surface area contributed by atoms with Crippen molar-refractivity contribution in [1.82, 2.24) is 9.62 Å². The highest BCUT2D eigenvalue weighted by Gasteiger charge is 2.34. The van der Waals surface area contributed by atoms with Gasteiger partial charge in [-0.15, -0.1) is 0 Å². The molecule has 1 aromatic rings. The Morgan fingerprint density at radius 2 is 2.14 bits per heavy atom. The smallest absolute Gasteiger partial charge is 0.246 e. The summed E-state index contributed by atoms with van der Waals surface area (Å²) in [5.74, 6) is -0.668. The van der Waals surface area contributed by atoms with Crippen molar-refractivity contribution in [2.24, 2.45) is 0 Å². The third-order valence-corrected chi connectivity index (χ3v) is 5.94. The van der Waals surface area contributed by atoms with Crippen molar-refractivity contribution < 1.29 is 12.8 Å². The highest BCUT2D eigenvalue weighted by atomic mass is 32.2. The SMILES string of the molecule is CNCCC1CCCCN1S(=O)(=O)c1cc(C)ccc1F. The molecule has 4 nitrogen and oxygen atoms in total. The first-order valence-electron chi connectivity index (χ1n) is 7.39. The van der Waals surface area contributed by atoms with Gasteiger partial charge in [-0.2, -0.15) is 4.31 Å². The number of sulfonamides is 1. The molecule has 21 heavy (non-hydrogen) atoms. The van der Waals surface area contributed by atoms with Crippen LogP contribution in [0.2, 0.25) is 0 Å². The van der Waals surface area contributed by atoms with Crippen LogP contribution in [0, 0.1) is 12.7 Å². The van der Waals surface area contributed by atoms with E-state index in [4.69, 9.17) is 0 Å². The lowest BCUT2D eigenvalue weighted by Gasteiger charge is -2.34. The summed E-state index contributed by atoms with van der Waals surface area (Å²) in [5.41, 5.74) is 0.749. The Hall–Kier alpha value is -0.980. The van der Waals surface area contributed by atoms with Gasteiger partial charge in [0, 0.05) is 12.6 Å². The van der Waals surface area contributed by atoms with Gasteiger partial charge in [-0.05, 0) is 57.5 Å². The van der Waals surface area contributed by atoms with Crippen molar-refractivity contribution in [2.75, 3.05) is 20.1 Å². The lowest BCUT2D eigenvalue weighted by atomic mass is 10.0. The van der Waals surface area contributed by atoms with E-state index in [1.165, 1.54) is 16.4 Å². The van der Waals surface area contributed by atoms with E-state index in [0.29, 0.717) is 6.54 Å². The molecule has 0 saturated carbocycles. The summed E-state index contributed by atoms with van der Waals surface area (Å²) in [4.78, 5) is -0.196. The number of nitrogens with zero attached hydrogens (tertiary/aromatic N) is 1. The van der Waals surface area contributed by atoms with Gasteiger partial charge in [-0.1, -0.05) is 12.5 Å². The first kappa shape index (κ1) is 16.4. The summed E-state index contributed by atoms with van der Waals surface area (Å²) in [7, 11) is -1.92. The zero-order valence-electron chi connectivity index (χ0n) is 12.6. The summed E-state index contributed by atoms with van der Waals surface area (Å²) in [6, 6.07) is 4.20. The average Bonchev–Trinajstić information content (AvgIpc) is 2.47. The number of hydrogen-bond acceptors (Lipinski definition) is 3. The molecule has 2 rings (SSSR count). The van der Waals surface area contributed by atoms with E-state index in [1.807, 2.05) is 7.05 Å². The molecule has 0 spiro atoms. The normalized spacial score (nSPS) is 20.6. The third kappa shape index (κ3) is 3.62. The van der Waals surface area contributed by atoms with Crippen LogP contribution in [0.5, 0.6) is 0 Å². The van der Waals surface area contributed by atoms with E-state index in [2.05, 4.69) is 5.32 Å². The second-order valence-electron chi connectivity index (χ2n) is 5.59. The van der Waals surface area contributed by atoms with Gasteiger partial charge in [0.2, 0.25) is 10.0 Å². The molecule has 0 bridgehead atoms. The molecule has 0 aliphatic carbocycles. The maximum absolute atomic E-state index is 14.0. The van der Waals surface area contributed by atoms with Crippen molar-refractivity contribution in [3.63, 3.8) is 0 Å². The molecule has 1 fully saturated rings. The first-order valence-corrected chi connectivity index (χ1v) is 8.83. The van der Waals surface area contributed by atoms with Gasteiger partial charge in [0.15, 0.2) is 0 Å². The van der Waals surface area contributed by atoms with E-state index >= 15 is 0 Å². The number of nitrogens with one attached hydrogen (secondary N) is 1. The Morgan fingerprint density at radius 3 is 2.86 bits per heavy atom. The number of rotatable bonds is 5. The van der Waals surface area contributed by atoms with Gasteiger partial charge < -0.3 is 5.32 Å². The van der Waals surface area contributed by atoms with Crippen LogP contribution in [0.4, 0.5) is 4.39 Å². The fourth-order valence-corrected chi connectivity index (χ4v) is 4.70. The Morgan fingerprint density at radius 1 is 1.38 bits per heavy atom. The molecular formula is C15H23FN2O2S. The first-order chi connectivity index (χ1) is 9.96. The third-order valence-electron chi connectivity index (χ3n) is 3.97. The molecule has 0 aromatic heterocycles. The number of piperidine rings is 1. The predicted octanol–water partition coefficient (Wildman–Crippen LogP) is 2.29. The molecule has 6 heteroatoms. The molecule has 1 heterocycles. The summed E-state index contributed by atoms with van der Waals surface area (Å²) in [5, 5.41) is 3.05. The van der Waals surface area contributed by atoms with Gasteiger partial charge in [-0.3, -0.25) is 0 Å². The number of benzene rings is 1. The fraction of sp³-hybridized carbons (Fsp3) is 0.600. The molecule has 0 amide bonds. The number of hydrogen-bond donors (Lipinski definition) is 1. The van der Waals surface area contributed by atoms with E-state index in [1.54, 1.807) is 13.0 Å². The van der Waals surface area contributed by atoms with Crippen molar-refractivity contribution >= 4 is 10.0 Å². The van der Waals surface area contributed by atoms with Gasteiger partial charge in [0.1, 0.15) is 10.7 Å². The van der Waals surface area contributed by atoms with Crippen LogP contribution in [0.15, 0.2) is 23.1 Å².